The number of benzene rings is 1. The molecule has 2 N–H and O–H groups in total. The molecule has 1 aromatic heterocycles. The minimum atomic E-state index is -1.20. The molecule has 1 saturated carbocycles. The monoisotopic (exact) mass is 507 g/mol. The van der Waals surface area contributed by atoms with Gasteiger partial charge in [0.15, 0.2) is 17.2 Å². The van der Waals surface area contributed by atoms with Crippen LogP contribution >= 0.6 is 0 Å². The Morgan fingerprint density at radius 3 is 2.47 bits per heavy atom. The lowest BCUT2D eigenvalue weighted by Crippen LogP contribution is -2.57. The Hall–Kier alpha value is -3.38. The number of fused-ring (bicyclic) bond motifs is 3. The number of hydrogen-bond donors (Lipinski definition) is 2. The van der Waals surface area contributed by atoms with Crippen molar-refractivity contribution in [1.29, 1.82) is 0 Å². The number of aromatic nitrogens is 1. The number of carbonyl (C=O) groups is 2. The van der Waals surface area contributed by atoms with E-state index in [1.54, 1.807) is 11.8 Å². The molecular formula is C24H24F3N3O6. The van der Waals surface area contributed by atoms with Gasteiger partial charge in [-0.15, -0.1) is 0 Å². The van der Waals surface area contributed by atoms with Crippen LogP contribution in [-0.2, 0) is 16.0 Å². The van der Waals surface area contributed by atoms with Gasteiger partial charge in [0.05, 0.1) is 25.3 Å². The fourth-order valence-corrected chi connectivity index (χ4v) is 5.44. The van der Waals surface area contributed by atoms with Gasteiger partial charge >= 0.3 is 0 Å². The first-order chi connectivity index (χ1) is 17.2. The molecule has 3 heterocycles. The van der Waals surface area contributed by atoms with Gasteiger partial charge in [-0.25, -0.2) is 13.2 Å². The summed E-state index contributed by atoms with van der Waals surface area (Å²) >= 11 is 0. The maximum absolute atomic E-state index is 14.0. The van der Waals surface area contributed by atoms with Crippen LogP contribution in [0.4, 0.5) is 13.2 Å². The molecule has 2 aliphatic heterocycles. The van der Waals surface area contributed by atoms with Crippen molar-refractivity contribution in [2.24, 2.45) is 0 Å². The summed E-state index contributed by atoms with van der Waals surface area (Å²) in [7, 11) is 0. The summed E-state index contributed by atoms with van der Waals surface area (Å²) in [5.41, 5.74) is -2.39. The van der Waals surface area contributed by atoms with Crippen LogP contribution in [0.25, 0.3) is 0 Å². The third kappa shape index (κ3) is 3.84. The summed E-state index contributed by atoms with van der Waals surface area (Å²) < 4.78 is 54.2. The molecule has 3 aliphatic rings. The van der Waals surface area contributed by atoms with Crippen molar-refractivity contribution < 1.29 is 37.3 Å². The number of amides is 2. The van der Waals surface area contributed by atoms with E-state index in [9.17, 15) is 32.7 Å². The number of pyridine rings is 1. The van der Waals surface area contributed by atoms with Gasteiger partial charge in [-0.1, -0.05) is 0 Å². The number of carbonyl (C=O) groups excluding carboxylic acids is 2. The van der Waals surface area contributed by atoms with Gasteiger partial charge < -0.3 is 29.4 Å². The van der Waals surface area contributed by atoms with Crippen molar-refractivity contribution in [1.82, 2.24) is 14.8 Å². The van der Waals surface area contributed by atoms with Crippen LogP contribution in [0.3, 0.4) is 0 Å². The molecular weight excluding hydrogens is 483 g/mol. The zero-order chi connectivity index (χ0) is 25.8. The van der Waals surface area contributed by atoms with Gasteiger partial charge in [0.25, 0.3) is 11.8 Å². The molecule has 1 aliphatic carbocycles. The Morgan fingerprint density at radius 1 is 1.17 bits per heavy atom. The minimum Gasteiger partial charge on any atom is -0.503 e. The Bertz CT molecular complexity index is 1280. The van der Waals surface area contributed by atoms with Crippen molar-refractivity contribution in [3.8, 4) is 5.75 Å². The Labute approximate surface area is 203 Å². The van der Waals surface area contributed by atoms with Gasteiger partial charge in [0.2, 0.25) is 5.43 Å². The number of ether oxygens (including phenoxy) is 2. The topological polar surface area (TPSA) is 110 Å². The molecule has 0 unspecified atom stereocenters. The highest BCUT2D eigenvalue weighted by Gasteiger charge is 2.51. The fraction of sp³-hybridized carbons (Fsp3) is 0.458. The lowest BCUT2D eigenvalue weighted by molar-refractivity contribution is -0.194. The molecule has 1 saturated heterocycles. The second-order valence-corrected chi connectivity index (χ2v) is 9.08. The quantitative estimate of drug-likeness (QED) is 0.657. The molecule has 0 radical (unpaired) electrons. The van der Waals surface area contributed by atoms with Crippen LogP contribution in [0, 0.1) is 17.5 Å². The first-order valence-electron chi connectivity index (χ1n) is 11.6. The van der Waals surface area contributed by atoms with Crippen LogP contribution in [-0.4, -0.2) is 58.0 Å². The third-order valence-electron chi connectivity index (χ3n) is 7.15. The molecule has 36 heavy (non-hydrogen) atoms. The van der Waals surface area contributed by atoms with Crippen molar-refractivity contribution in [2.75, 3.05) is 19.8 Å². The van der Waals surface area contributed by atoms with Gasteiger partial charge in [-0.3, -0.25) is 14.4 Å². The fourth-order valence-electron chi connectivity index (χ4n) is 5.44. The molecule has 2 atom stereocenters. The third-order valence-corrected chi connectivity index (χ3v) is 7.15. The zero-order valence-corrected chi connectivity index (χ0v) is 19.4. The molecule has 12 heteroatoms. The van der Waals surface area contributed by atoms with Gasteiger partial charge in [0, 0.05) is 49.8 Å². The van der Waals surface area contributed by atoms with Crippen LogP contribution in [0.15, 0.2) is 23.1 Å². The highest BCUT2D eigenvalue weighted by Crippen LogP contribution is 2.45. The molecule has 2 amide bonds. The van der Waals surface area contributed by atoms with Gasteiger partial charge in [0.1, 0.15) is 23.0 Å². The number of nitrogens with one attached hydrogen (secondary N) is 1. The van der Waals surface area contributed by atoms with Crippen molar-refractivity contribution in [3.63, 3.8) is 0 Å². The Kier molecular flexibility index (Phi) is 6.03. The summed E-state index contributed by atoms with van der Waals surface area (Å²) in [6, 6.07) is 0.203. The van der Waals surface area contributed by atoms with E-state index in [0.717, 1.165) is 0 Å². The van der Waals surface area contributed by atoms with E-state index >= 15 is 0 Å². The summed E-state index contributed by atoms with van der Waals surface area (Å²) in [6.07, 6.45) is 2.57. The van der Waals surface area contributed by atoms with Crippen molar-refractivity contribution in [3.05, 3.63) is 62.8 Å². The Balaban J connectivity index is 1.49. The number of rotatable bonds is 4. The summed E-state index contributed by atoms with van der Waals surface area (Å²) in [5, 5.41) is 12.9. The predicted molar refractivity (Wildman–Crippen MR) is 118 cm³/mol. The normalized spacial score (nSPS) is 22.4. The summed E-state index contributed by atoms with van der Waals surface area (Å²) in [5.74, 6) is -6.76. The maximum atomic E-state index is 14.0. The smallest absolute Gasteiger partial charge is 0.274 e. The first kappa shape index (κ1) is 24.3. The van der Waals surface area contributed by atoms with E-state index in [4.69, 9.17) is 9.47 Å². The average Bonchev–Trinajstić information content (AvgIpc) is 3.27. The van der Waals surface area contributed by atoms with Gasteiger partial charge in [-0.2, -0.15) is 0 Å². The minimum absolute atomic E-state index is 0.223. The lowest BCUT2D eigenvalue weighted by atomic mass is 9.82. The summed E-state index contributed by atoms with van der Waals surface area (Å²) in [6.45, 7) is 2.33. The number of halogens is 3. The molecule has 2 fully saturated rings. The van der Waals surface area contributed by atoms with Crippen molar-refractivity contribution in [2.45, 2.75) is 50.6 Å². The second-order valence-electron chi connectivity index (χ2n) is 9.08. The van der Waals surface area contributed by atoms with Crippen LogP contribution in [0.5, 0.6) is 5.75 Å². The van der Waals surface area contributed by atoms with Crippen LogP contribution < -0.4 is 10.7 Å². The highest BCUT2D eigenvalue weighted by atomic mass is 19.1. The molecule has 9 nitrogen and oxygen atoms in total. The zero-order valence-electron chi connectivity index (χ0n) is 19.4. The van der Waals surface area contributed by atoms with Crippen molar-refractivity contribution >= 4 is 11.8 Å². The number of hydrogen-bond acceptors (Lipinski definition) is 6. The number of aromatic hydroxyl groups is 1. The molecule has 1 spiro atoms. The lowest BCUT2D eigenvalue weighted by Gasteiger charge is -2.49. The first-order valence-corrected chi connectivity index (χ1v) is 11.6. The Morgan fingerprint density at radius 2 is 1.83 bits per heavy atom. The molecule has 0 bridgehead atoms. The van der Waals surface area contributed by atoms with E-state index in [2.05, 4.69) is 5.32 Å². The predicted octanol–water partition coefficient (Wildman–Crippen LogP) is 2.21. The molecule has 1 aromatic carbocycles. The van der Waals surface area contributed by atoms with E-state index < -0.39 is 63.9 Å². The standard InChI is InChI=1S/C24H24F3N3O6/c1-2-29-18-9-24(35-5-6-36-24)4-3-17(18)30-11-14(20(31)21(32)19(30)23(29)34)22(33)28-10-13-15(26)7-12(25)8-16(13)27/h7-8,11,17-18,32H,2-6,9-10H2,1H3,(H,28,33)/t17-,18+/m0/s1. The van der Waals surface area contributed by atoms with E-state index in [1.807, 2.05) is 0 Å². The van der Waals surface area contributed by atoms with Crippen LogP contribution in [0.1, 0.15) is 58.6 Å². The molecule has 192 valence electrons. The largest absolute Gasteiger partial charge is 0.503 e. The average molecular weight is 507 g/mol. The number of likely N-dealkylation sites (N-methyl/N-ethyl adjacent to an activating group) is 1. The number of nitrogens with zero attached hydrogens (tertiary/aromatic N) is 2. The molecule has 5 rings (SSSR count). The second kappa shape index (κ2) is 8.93. The summed E-state index contributed by atoms with van der Waals surface area (Å²) in [4.78, 5) is 40.5. The van der Waals surface area contributed by atoms with E-state index in [1.165, 1.54) is 10.8 Å². The van der Waals surface area contributed by atoms with E-state index in [0.29, 0.717) is 51.2 Å². The van der Waals surface area contributed by atoms with Crippen LogP contribution in [0.2, 0.25) is 0 Å². The SMILES string of the molecule is CCN1C(=O)c2c(O)c(=O)c(C(=O)NCc3c(F)cc(F)cc3F)cn2[C@H]2CCC3(C[C@H]21)OCCO3. The highest BCUT2D eigenvalue weighted by molar-refractivity contribution is 5.99. The maximum Gasteiger partial charge on any atom is 0.274 e. The van der Waals surface area contributed by atoms with E-state index in [-0.39, 0.29) is 17.8 Å². The van der Waals surface area contributed by atoms with Gasteiger partial charge in [-0.05, 0) is 13.3 Å². The molecule has 2 aromatic rings.